The zero-order valence-electron chi connectivity index (χ0n) is 13.9. The molecule has 0 aliphatic carbocycles. The van der Waals surface area contributed by atoms with Crippen molar-refractivity contribution in [3.63, 3.8) is 0 Å². The lowest BCUT2D eigenvalue weighted by Gasteiger charge is -2.34. The summed E-state index contributed by atoms with van der Waals surface area (Å²) in [4.78, 5) is 14.6. The first-order chi connectivity index (χ1) is 11.6. The number of nitrogens with one attached hydrogen (secondary N) is 1. The number of fused-ring (bicyclic) bond motifs is 1. The maximum Gasteiger partial charge on any atom is 0.326 e. The Morgan fingerprint density at radius 1 is 1.29 bits per heavy atom. The standard InChI is InChI=1S/C19H21ClN2O2/c1-3-13-7-5-6-8-16(13)21-19(23)22-12-15(4-2)24-18-10-9-14(20)11-17(18)22/h5-11,15H,3-4,12H2,1-2H3,(H,21,23)/t15-/m1/s1. The van der Waals surface area contributed by atoms with E-state index in [1.165, 1.54) is 0 Å². The minimum atomic E-state index is -0.166. The van der Waals surface area contributed by atoms with Crippen molar-refractivity contribution in [2.75, 3.05) is 16.8 Å². The molecule has 0 aromatic heterocycles. The molecule has 0 unspecified atom stereocenters. The van der Waals surface area contributed by atoms with Crippen molar-refractivity contribution in [2.24, 2.45) is 0 Å². The number of carbonyl (C=O) groups is 1. The van der Waals surface area contributed by atoms with Crippen molar-refractivity contribution in [2.45, 2.75) is 32.8 Å². The number of ether oxygens (including phenoxy) is 1. The largest absolute Gasteiger partial charge is 0.486 e. The Morgan fingerprint density at radius 2 is 2.08 bits per heavy atom. The highest BCUT2D eigenvalue weighted by molar-refractivity contribution is 6.31. The number of carbonyl (C=O) groups excluding carboxylic acids is 1. The van der Waals surface area contributed by atoms with Crippen molar-refractivity contribution in [3.8, 4) is 5.75 Å². The molecule has 0 fully saturated rings. The maximum absolute atomic E-state index is 12.9. The van der Waals surface area contributed by atoms with Crippen molar-refractivity contribution >= 4 is 29.0 Å². The minimum absolute atomic E-state index is 0.0224. The number of nitrogens with zero attached hydrogens (tertiary/aromatic N) is 1. The van der Waals surface area contributed by atoms with Crippen LogP contribution in [0.2, 0.25) is 5.02 Å². The first kappa shape index (κ1) is 16.7. The zero-order chi connectivity index (χ0) is 17.1. The van der Waals surface area contributed by atoms with Crippen LogP contribution in [0, 0.1) is 0 Å². The average molecular weight is 345 g/mol. The lowest BCUT2D eigenvalue weighted by Crippen LogP contribution is -2.45. The molecule has 1 aliphatic heterocycles. The predicted molar refractivity (Wildman–Crippen MR) is 98.3 cm³/mol. The van der Waals surface area contributed by atoms with Gasteiger partial charge in [0.1, 0.15) is 11.9 Å². The SMILES string of the molecule is CCc1ccccc1NC(=O)N1C[C@@H](CC)Oc2ccc(Cl)cc21. The highest BCUT2D eigenvalue weighted by atomic mass is 35.5. The number of benzene rings is 2. The summed E-state index contributed by atoms with van der Waals surface area (Å²) in [5.74, 6) is 0.691. The Labute approximate surface area is 147 Å². The van der Waals surface area contributed by atoms with Gasteiger partial charge in [0.2, 0.25) is 0 Å². The molecule has 2 aromatic rings. The molecule has 2 amide bonds. The summed E-state index contributed by atoms with van der Waals surface area (Å²) in [6.45, 7) is 4.62. The summed E-state index contributed by atoms with van der Waals surface area (Å²) in [7, 11) is 0. The van der Waals surface area contributed by atoms with Crippen molar-refractivity contribution in [1.29, 1.82) is 0 Å². The topological polar surface area (TPSA) is 41.6 Å². The molecular formula is C19H21ClN2O2. The van der Waals surface area contributed by atoms with E-state index in [1.807, 2.05) is 37.3 Å². The molecule has 4 nitrogen and oxygen atoms in total. The van der Waals surface area contributed by atoms with E-state index in [-0.39, 0.29) is 12.1 Å². The highest BCUT2D eigenvalue weighted by Gasteiger charge is 2.29. The molecule has 5 heteroatoms. The van der Waals surface area contributed by atoms with Gasteiger partial charge in [-0.1, -0.05) is 43.6 Å². The smallest absolute Gasteiger partial charge is 0.326 e. The fourth-order valence-electron chi connectivity index (χ4n) is 2.86. The van der Waals surface area contributed by atoms with Gasteiger partial charge in [0.05, 0.1) is 12.2 Å². The van der Waals surface area contributed by atoms with Gasteiger partial charge in [-0.2, -0.15) is 0 Å². The van der Waals surface area contributed by atoms with Crippen LogP contribution in [0.4, 0.5) is 16.2 Å². The van der Waals surface area contributed by atoms with Crippen LogP contribution in [-0.4, -0.2) is 18.7 Å². The molecule has 1 N–H and O–H groups in total. The number of aryl methyl sites for hydroxylation is 1. The van der Waals surface area contributed by atoms with Crippen LogP contribution < -0.4 is 15.0 Å². The summed E-state index contributed by atoms with van der Waals surface area (Å²) < 4.78 is 5.93. The Hall–Kier alpha value is -2.20. The normalized spacial score (nSPS) is 16.3. The van der Waals surface area contributed by atoms with Crippen LogP contribution in [0.3, 0.4) is 0 Å². The molecule has 1 atom stereocenters. The van der Waals surface area contributed by atoms with E-state index in [0.717, 1.165) is 24.1 Å². The molecule has 3 rings (SSSR count). The molecule has 1 heterocycles. The first-order valence-electron chi connectivity index (χ1n) is 8.25. The van der Waals surface area contributed by atoms with Crippen LogP contribution in [0.25, 0.3) is 0 Å². The average Bonchev–Trinajstić information content (AvgIpc) is 2.61. The highest BCUT2D eigenvalue weighted by Crippen LogP contribution is 2.36. The maximum atomic E-state index is 12.9. The molecule has 126 valence electrons. The molecule has 0 saturated carbocycles. The van der Waals surface area contributed by atoms with E-state index < -0.39 is 0 Å². The second-order valence-corrected chi connectivity index (χ2v) is 6.25. The lowest BCUT2D eigenvalue weighted by atomic mass is 10.1. The van der Waals surface area contributed by atoms with E-state index in [0.29, 0.717) is 23.0 Å². The van der Waals surface area contributed by atoms with Gasteiger partial charge in [-0.25, -0.2) is 4.79 Å². The molecule has 0 saturated heterocycles. The lowest BCUT2D eigenvalue weighted by molar-refractivity contribution is 0.188. The van der Waals surface area contributed by atoms with E-state index in [1.54, 1.807) is 17.0 Å². The van der Waals surface area contributed by atoms with Gasteiger partial charge in [-0.3, -0.25) is 4.90 Å². The second-order valence-electron chi connectivity index (χ2n) is 5.81. The number of amides is 2. The van der Waals surface area contributed by atoms with E-state index in [2.05, 4.69) is 12.2 Å². The number of para-hydroxylation sites is 1. The molecule has 24 heavy (non-hydrogen) atoms. The third kappa shape index (κ3) is 3.34. The van der Waals surface area contributed by atoms with Crippen molar-refractivity contribution in [1.82, 2.24) is 0 Å². The fraction of sp³-hybridized carbons (Fsp3) is 0.316. The van der Waals surface area contributed by atoms with Gasteiger partial charge in [0.15, 0.2) is 0 Å². The summed E-state index contributed by atoms with van der Waals surface area (Å²) in [5, 5.41) is 3.61. The summed E-state index contributed by atoms with van der Waals surface area (Å²) in [6, 6.07) is 13.1. The molecular weight excluding hydrogens is 324 g/mol. The fourth-order valence-corrected chi connectivity index (χ4v) is 3.02. The number of hydrogen-bond donors (Lipinski definition) is 1. The summed E-state index contributed by atoms with van der Waals surface area (Å²) in [6.07, 6.45) is 1.67. The van der Waals surface area contributed by atoms with Crippen molar-refractivity contribution < 1.29 is 9.53 Å². The molecule has 0 spiro atoms. The summed E-state index contributed by atoms with van der Waals surface area (Å²) in [5.41, 5.74) is 2.66. The Bertz CT molecular complexity index is 748. The van der Waals surface area contributed by atoms with Gasteiger partial charge in [0, 0.05) is 10.7 Å². The van der Waals surface area contributed by atoms with Crippen molar-refractivity contribution in [3.05, 3.63) is 53.1 Å². The number of halogens is 1. The third-order valence-corrected chi connectivity index (χ3v) is 4.47. The Kier molecular flexibility index (Phi) is 4.95. The second kappa shape index (κ2) is 7.14. The van der Waals surface area contributed by atoms with E-state index >= 15 is 0 Å². The molecule has 0 radical (unpaired) electrons. The number of hydrogen-bond acceptors (Lipinski definition) is 2. The Morgan fingerprint density at radius 3 is 2.83 bits per heavy atom. The van der Waals surface area contributed by atoms with Gasteiger partial charge in [-0.05, 0) is 42.7 Å². The molecule has 1 aliphatic rings. The van der Waals surface area contributed by atoms with Crippen LogP contribution in [0.5, 0.6) is 5.75 Å². The van der Waals surface area contributed by atoms with E-state index in [4.69, 9.17) is 16.3 Å². The van der Waals surface area contributed by atoms with Gasteiger partial charge in [0.25, 0.3) is 0 Å². The Balaban J connectivity index is 1.90. The third-order valence-electron chi connectivity index (χ3n) is 4.23. The number of urea groups is 1. The first-order valence-corrected chi connectivity index (χ1v) is 8.62. The zero-order valence-corrected chi connectivity index (χ0v) is 14.6. The van der Waals surface area contributed by atoms with Gasteiger partial charge >= 0.3 is 6.03 Å². The monoisotopic (exact) mass is 344 g/mol. The van der Waals surface area contributed by atoms with Gasteiger partial charge < -0.3 is 10.1 Å². The minimum Gasteiger partial charge on any atom is -0.486 e. The molecule has 0 bridgehead atoms. The number of rotatable bonds is 3. The van der Waals surface area contributed by atoms with Crippen LogP contribution in [0.1, 0.15) is 25.8 Å². The number of anilines is 2. The predicted octanol–water partition coefficient (Wildman–Crippen LogP) is 5.11. The summed E-state index contributed by atoms with van der Waals surface area (Å²) >= 11 is 6.11. The van der Waals surface area contributed by atoms with Gasteiger partial charge in [-0.15, -0.1) is 0 Å². The van der Waals surface area contributed by atoms with Crippen LogP contribution >= 0.6 is 11.6 Å². The van der Waals surface area contributed by atoms with E-state index in [9.17, 15) is 4.79 Å². The molecule has 2 aromatic carbocycles. The quantitative estimate of drug-likeness (QED) is 0.840. The van der Waals surface area contributed by atoms with Crippen LogP contribution in [0.15, 0.2) is 42.5 Å². The van der Waals surface area contributed by atoms with Crippen LogP contribution in [-0.2, 0) is 6.42 Å².